The van der Waals surface area contributed by atoms with Crippen molar-refractivity contribution in [3.8, 4) is 45.6 Å². The van der Waals surface area contributed by atoms with Gasteiger partial charge in [0.05, 0.1) is 0 Å². The molecule has 27 heavy (non-hydrogen) atoms. The van der Waals surface area contributed by atoms with Gasteiger partial charge in [-0.1, -0.05) is 20.8 Å². The van der Waals surface area contributed by atoms with Gasteiger partial charge in [0.1, 0.15) is 0 Å². The summed E-state index contributed by atoms with van der Waals surface area (Å²) in [4.78, 5) is 24.9. The van der Waals surface area contributed by atoms with E-state index in [9.17, 15) is 40.2 Å². The second-order valence-electron chi connectivity index (χ2n) is 6.33. The molecule has 144 valence electrons. The van der Waals surface area contributed by atoms with E-state index >= 15 is 0 Å². The summed E-state index contributed by atoms with van der Waals surface area (Å²) in [6.07, 6.45) is -0.0467. The fourth-order valence-electron chi connectivity index (χ4n) is 2.71. The summed E-state index contributed by atoms with van der Waals surface area (Å²) >= 11 is 0. The molecule has 0 bridgehead atoms. The van der Waals surface area contributed by atoms with Crippen LogP contribution in [0.3, 0.4) is 0 Å². The molecular formula is C19H20O8. The zero-order valence-corrected chi connectivity index (χ0v) is 14.9. The van der Waals surface area contributed by atoms with Crippen molar-refractivity contribution in [2.24, 2.45) is 5.92 Å². The Kier molecular flexibility index (Phi) is 5.21. The Balaban J connectivity index is 3.06. The van der Waals surface area contributed by atoms with Crippen molar-refractivity contribution in [1.82, 2.24) is 0 Å². The van der Waals surface area contributed by atoms with Gasteiger partial charge in [0.2, 0.25) is 11.5 Å². The third-order valence-electron chi connectivity index (χ3n) is 4.17. The number of carbonyl (C=O) groups is 2. The molecule has 0 saturated heterocycles. The molecule has 2 rings (SSSR count). The number of aromatic hydroxyl groups is 6. The zero-order valence-electron chi connectivity index (χ0n) is 14.9. The molecule has 8 heteroatoms. The highest BCUT2D eigenvalue weighted by Gasteiger charge is 2.30. The first-order valence-corrected chi connectivity index (χ1v) is 8.16. The number of hydrogen-bond acceptors (Lipinski definition) is 8. The fraction of sp³-hybridized carbons (Fsp3) is 0.263. The van der Waals surface area contributed by atoms with Crippen molar-refractivity contribution in [3.63, 3.8) is 0 Å². The number of Topliss-reactive ketones (excluding diaryl/α,β-unsaturated/α-hetero) is 2. The van der Waals surface area contributed by atoms with E-state index in [1.165, 1.54) is 6.92 Å². The van der Waals surface area contributed by atoms with Gasteiger partial charge in [0.25, 0.3) is 0 Å². The normalized spacial score (nSPS) is 11.0. The van der Waals surface area contributed by atoms with E-state index in [0.29, 0.717) is 0 Å². The van der Waals surface area contributed by atoms with Crippen LogP contribution in [0.5, 0.6) is 34.5 Å². The van der Waals surface area contributed by atoms with Crippen LogP contribution >= 0.6 is 0 Å². The number of rotatable bonds is 5. The summed E-state index contributed by atoms with van der Waals surface area (Å²) in [6, 6.07) is 1.79. The molecule has 0 aliphatic heterocycles. The monoisotopic (exact) mass is 376 g/mol. The summed E-state index contributed by atoms with van der Waals surface area (Å²) in [5.41, 5.74) is -1.42. The van der Waals surface area contributed by atoms with Crippen molar-refractivity contribution in [2.45, 2.75) is 27.2 Å². The van der Waals surface area contributed by atoms with Crippen LogP contribution in [0, 0.1) is 5.92 Å². The Labute approximate surface area is 154 Å². The van der Waals surface area contributed by atoms with E-state index in [2.05, 4.69) is 0 Å². The first-order chi connectivity index (χ1) is 12.5. The molecule has 8 nitrogen and oxygen atoms in total. The Morgan fingerprint density at radius 1 is 0.778 bits per heavy atom. The van der Waals surface area contributed by atoms with Gasteiger partial charge in [-0.25, -0.2) is 0 Å². The molecule has 0 atom stereocenters. The molecule has 0 saturated carbocycles. The van der Waals surface area contributed by atoms with E-state index in [0.717, 1.165) is 12.1 Å². The molecule has 0 aliphatic carbocycles. The molecule has 2 aromatic carbocycles. The Morgan fingerprint density at radius 3 is 1.59 bits per heavy atom. The third-order valence-corrected chi connectivity index (χ3v) is 4.17. The minimum Gasteiger partial charge on any atom is -0.504 e. The largest absolute Gasteiger partial charge is 0.504 e. The number of phenolic OH excluding ortho intramolecular Hbond substituents is 6. The van der Waals surface area contributed by atoms with Crippen LogP contribution in [0.15, 0.2) is 12.1 Å². The third kappa shape index (κ3) is 3.21. The SMILES string of the molecule is CCC(=O)c1cc(O)c(O)c(O)c1-c1c(C(=O)C(C)C)cc(O)c(O)c1O. The lowest BCUT2D eigenvalue weighted by Gasteiger charge is -2.19. The highest BCUT2D eigenvalue weighted by molar-refractivity contribution is 6.12. The molecule has 2 aromatic rings. The van der Waals surface area contributed by atoms with Crippen LogP contribution in [0.4, 0.5) is 0 Å². The van der Waals surface area contributed by atoms with Gasteiger partial charge in [-0.3, -0.25) is 9.59 Å². The summed E-state index contributed by atoms with van der Waals surface area (Å²) < 4.78 is 0. The Morgan fingerprint density at radius 2 is 1.19 bits per heavy atom. The lowest BCUT2D eigenvalue weighted by Crippen LogP contribution is -2.11. The summed E-state index contributed by atoms with van der Waals surface area (Å²) in [5, 5.41) is 60.1. The summed E-state index contributed by atoms with van der Waals surface area (Å²) in [6.45, 7) is 4.63. The van der Waals surface area contributed by atoms with E-state index in [4.69, 9.17) is 0 Å². The number of hydrogen-bond donors (Lipinski definition) is 6. The number of benzene rings is 2. The smallest absolute Gasteiger partial charge is 0.200 e. The van der Waals surface area contributed by atoms with Gasteiger partial charge in [-0.05, 0) is 12.1 Å². The van der Waals surface area contributed by atoms with Crippen molar-refractivity contribution in [2.75, 3.05) is 0 Å². The van der Waals surface area contributed by atoms with E-state index in [-0.39, 0.29) is 17.5 Å². The summed E-state index contributed by atoms with van der Waals surface area (Å²) in [5.74, 6) is -7.10. The van der Waals surface area contributed by atoms with Crippen LogP contribution < -0.4 is 0 Å². The lowest BCUT2D eigenvalue weighted by atomic mass is 9.86. The second kappa shape index (κ2) is 7.06. The van der Waals surface area contributed by atoms with Crippen molar-refractivity contribution in [1.29, 1.82) is 0 Å². The average molecular weight is 376 g/mol. The maximum Gasteiger partial charge on any atom is 0.200 e. The lowest BCUT2D eigenvalue weighted by molar-refractivity contribution is 0.0937. The molecule has 6 N–H and O–H groups in total. The fourth-order valence-corrected chi connectivity index (χ4v) is 2.71. The molecule has 0 aliphatic rings. The van der Waals surface area contributed by atoms with Crippen molar-refractivity contribution < 1.29 is 40.2 Å². The van der Waals surface area contributed by atoms with Crippen molar-refractivity contribution >= 4 is 11.6 Å². The average Bonchev–Trinajstić information content (AvgIpc) is 2.63. The van der Waals surface area contributed by atoms with E-state index in [1.54, 1.807) is 13.8 Å². The number of ketones is 2. The maximum absolute atomic E-state index is 12.6. The summed E-state index contributed by atoms with van der Waals surface area (Å²) in [7, 11) is 0. The quantitative estimate of drug-likeness (QED) is 0.343. The van der Waals surface area contributed by atoms with Crippen LogP contribution in [0.2, 0.25) is 0 Å². The molecule has 0 aromatic heterocycles. The van der Waals surface area contributed by atoms with Gasteiger partial charge in [-0.2, -0.15) is 0 Å². The predicted molar refractivity (Wildman–Crippen MR) is 95.7 cm³/mol. The standard InChI is InChI=1S/C19H20O8/c1-4-10(20)8-5-11(21)16(24)18(26)13(8)14-9(15(23)7(2)3)6-12(22)17(25)19(14)27/h5-7,21-22,24-27H,4H2,1-3H3. The molecule has 0 fully saturated rings. The van der Waals surface area contributed by atoms with Crippen LogP contribution in [0.1, 0.15) is 47.9 Å². The Hall–Kier alpha value is -3.42. The molecule has 0 unspecified atom stereocenters. The van der Waals surface area contributed by atoms with Crippen molar-refractivity contribution in [3.05, 3.63) is 23.3 Å². The van der Waals surface area contributed by atoms with E-state index < -0.39 is 63.1 Å². The maximum atomic E-state index is 12.6. The van der Waals surface area contributed by atoms with Crippen LogP contribution in [0.25, 0.3) is 11.1 Å². The van der Waals surface area contributed by atoms with Crippen LogP contribution in [-0.4, -0.2) is 42.2 Å². The van der Waals surface area contributed by atoms with Gasteiger partial charge in [0, 0.05) is 34.6 Å². The zero-order chi connectivity index (χ0) is 20.6. The molecule has 0 amide bonds. The molecule has 0 heterocycles. The highest BCUT2D eigenvalue weighted by atomic mass is 16.3. The molecular weight excluding hydrogens is 356 g/mol. The predicted octanol–water partition coefficient (Wildman–Crippen LogP) is 3.02. The van der Waals surface area contributed by atoms with Crippen LogP contribution in [-0.2, 0) is 0 Å². The topological polar surface area (TPSA) is 156 Å². The van der Waals surface area contributed by atoms with Gasteiger partial charge >= 0.3 is 0 Å². The number of carbonyl (C=O) groups excluding carboxylic acids is 2. The van der Waals surface area contributed by atoms with Gasteiger partial charge < -0.3 is 30.6 Å². The van der Waals surface area contributed by atoms with Gasteiger partial charge in [0.15, 0.2) is 34.6 Å². The first kappa shape index (κ1) is 19.9. The molecule has 0 spiro atoms. The van der Waals surface area contributed by atoms with Gasteiger partial charge in [-0.15, -0.1) is 0 Å². The minimum atomic E-state index is -0.966. The molecule has 0 radical (unpaired) electrons. The number of phenols is 6. The second-order valence-corrected chi connectivity index (χ2v) is 6.33. The first-order valence-electron chi connectivity index (χ1n) is 8.16. The Bertz CT molecular complexity index is 944. The van der Waals surface area contributed by atoms with E-state index in [1.807, 2.05) is 0 Å². The minimum absolute atomic E-state index is 0.0467. The highest BCUT2D eigenvalue weighted by Crippen LogP contribution is 2.52.